The first kappa shape index (κ1) is 21.7. The SMILES string of the molecule is Cc1nc(C2CCN(C(c3ccccc3O)c3ccccc3Cl)CC2)n(-c2ccccc2)n1. The van der Waals surface area contributed by atoms with Crippen molar-refractivity contribution in [3.8, 4) is 11.4 Å². The van der Waals surface area contributed by atoms with Crippen LogP contribution in [0.25, 0.3) is 5.69 Å². The molecule has 0 aliphatic carbocycles. The minimum absolute atomic E-state index is 0.102. The Kier molecular flexibility index (Phi) is 6.16. The second kappa shape index (κ2) is 9.38. The molecule has 1 unspecified atom stereocenters. The van der Waals surface area contributed by atoms with Crippen molar-refractivity contribution in [2.75, 3.05) is 13.1 Å². The number of rotatable bonds is 5. The molecule has 1 saturated heterocycles. The van der Waals surface area contributed by atoms with Crippen molar-refractivity contribution >= 4 is 11.6 Å². The summed E-state index contributed by atoms with van der Waals surface area (Å²) in [6, 6.07) is 25.6. The highest BCUT2D eigenvalue weighted by atomic mass is 35.5. The van der Waals surface area contributed by atoms with E-state index in [1.54, 1.807) is 6.07 Å². The molecule has 3 aromatic carbocycles. The molecule has 5 rings (SSSR count). The summed E-state index contributed by atoms with van der Waals surface area (Å²) in [6.45, 7) is 3.69. The summed E-state index contributed by atoms with van der Waals surface area (Å²) >= 11 is 6.63. The van der Waals surface area contributed by atoms with E-state index in [-0.39, 0.29) is 6.04 Å². The summed E-state index contributed by atoms with van der Waals surface area (Å²) in [6.07, 6.45) is 1.92. The monoisotopic (exact) mass is 458 g/mol. The van der Waals surface area contributed by atoms with Gasteiger partial charge in [0.2, 0.25) is 0 Å². The number of halogens is 1. The van der Waals surface area contributed by atoms with Gasteiger partial charge in [0.25, 0.3) is 0 Å². The fraction of sp³-hybridized carbons (Fsp3) is 0.259. The number of phenols is 1. The Balaban J connectivity index is 1.43. The normalized spacial score (nSPS) is 16.1. The second-order valence-corrected chi connectivity index (χ2v) is 8.96. The van der Waals surface area contributed by atoms with Crippen LogP contribution in [-0.4, -0.2) is 37.9 Å². The Morgan fingerprint density at radius 2 is 1.52 bits per heavy atom. The van der Waals surface area contributed by atoms with Crippen LogP contribution in [0.3, 0.4) is 0 Å². The standard InChI is InChI=1S/C27H27ClN4O/c1-19-29-27(32(30-19)21-9-3-2-4-10-21)20-15-17-31(18-16-20)26(22-11-5-7-13-24(22)28)23-12-6-8-14-25(23)33/h2-14,20,26,33H,15-18H2,1H3. The number of nitrogens with zero attached hydrogens (tertiary/aromatic N) is 4. The Hall–Kier alpha value is -3.15. The molecule has 0 spiro atoms. The lowest BCUT2D eigenvalue weighted by atomic mass is 9.90. The van der Waals surface area contributed by atoms with E-state index in [9.17, 15) is 5.11 Å². The molecular weight excluding hydrogens is 432 g/mol. The number of aryl methyl sites for hydroxylation is 1. The van der Waals surface area contributed by atoms with E-state index in [0.717, 1.165) is 54.4 Å². The van der Waals surface area contributed by atoms with E-state index in [4.69, 9.17) is 16.6 Å². The van der Waals surface area contributed by atoms with Gasteiger partial charge in [0, 0.05) is 16.5 Å². The van der Waals surface area contributed by atoms with E-state index in [1.807, 2.05) is 66.2 Å². The van der Waals surface area contributed by atoms with Gasteiger partial charge < -0.3 is 5.11 Å². The predicted octanol–water partition coefficient (Wildman–Crippen LogP) is 5.90. The summed E-state index contributed by atoms with van der Waals surface area (Å²) in [5.41, 5.74) is 2.94. The lowest BCUT2D eigenvalue weighted by Gasteiger charge is -2.38. The Morgan fingerprint density at radius 1 is 0.879 bits per heavy atom. The molecule has 0 bridgehead atoms. The molecule has 6 heteroatoms. The van der Waals surface area contributed by atoms with Crippen LogP contribution >= 0.6 is 11.6 Å². The maximum Gasteiger partial charge on any atom is 0.148 e. The zero-order valence-electron chi connectivity index (χ0n) is 18.6. The summed E-state index contributed by atoms with van der Waals surface area (Å²) < 4.78 is 1.99. The second-order valence-electron chi connectivity index (χ2n) is 8.56. The van der Waals surface area contributed by atoms with Gasteiger partial charge in [-0.1, -0.05) is 66.2 Å². The quantitative estimate of drug-likeness (QED) is 0.404. The van der Waals surface area contributed by atoms with Crippen molar-refractivity contribution in [3.05, 3.63) is 107 Å². The summed E-state index contributed by atoms with van der Waals surface area (Å²) in [7, 11) is 0. The first-order chi connectivity index (χ1) is 16.1. The van der Waals surface area contributed by atoms with Crippen LogP contribution in [0.4, 0.5) is 0 Å². The zero-order valence-corrected chi connectivity index (χ0v) is 19.4. The molecule has 5 nitrogen and oxygen atoms in total. The highest BCUT2D eigenvalue weighted by molar-refractivity contribution is 6.31. The highest BCUT2D eigenvalue weighted by Gasteiger charge is 2.32. The largest absolute Gasteiger partial charge is 0.508 e. The molecular formula is C27H27ClN4O. The van der Waals surface area contributed by atoms with Gasteiger partial charge in [0.15, 0.2) is 0 Å². The van der Waals surface area contributed by atoms with Crippen molar-refractivity contribution in [2.45, 2.75) is 31.7 Å². The van der Waals surface area contributed by atoms with Gasteiger partial charge >= 0.3 is 0 Å². The first-order valence-corrected chi connectivity index (χ1v) is 11.7. The molecule has 0 amide bonds. The molecule has 1 N–H and O–H groups in total. The molecule has 1 aliphatic heterocycles. The van der Waals surface area contributed by atoms with Crippen LogP contribution in [0.15, 0.2) is 78.9 Å². The van der Waals surface area contributed by atoms with Gasteiger partial charge in [-0.25, -0.2) is 9.67 Å². The molecule has 1 aliphatic rings. The fourth-order valence-corrected chi connectivity index (χ4v) is 5.09. The van der Waals surface area contributed by atoms with E-state index in [1.165, 1.54) is 0 Å². The third-order valence-corrected chi connectivity index (χ3v) is 6.77. The number of likely N-dealkylation sites (tertiary alicyclic amines) is 1. The number of hydrogen-bond acceptors (Lipinski definition) is 4. The average molecular weight is 459 g/mol. The molecule has 168 valence electrons. The van der Waals surface area contributed by atoms with Crippen LogP contribution in [0.1, 0.15) is 47.6 Å². The van der Waals surface area contributed by atoms with Crippen molar-refractivity contribution in [1.29, 1.82) is 0 Å². The minimum atomic E-state index is -0.102. The van der Waals surface area contributed by atoms with E-state index < -0.39 is 0 Å². The summed E-state index contributed by atoms with van der Waals surface area (Å²) in [5.74, 6) is 2.43. The number of phenolic OH excluding ortho intramolecular Hbond substituents is 1. The average Bonchev–Trinajstić information content (AvgIpc) is 3.24. The summed E-state index contributed by atoms with van der Waals surface area (Å²) in [4.78, 5) is 7.22. The molecule has 1 atom stereocenters. The van der Waals surface area contributed by atoms with Gasteiger partial charge in [-0.2, -0.15) is 5.10 Å². The first-order valence-electron chi connectivity index (χ1n) is 11.4. The van der Waals surface area contributed by atoms with Crippen LogP contribution in [0.5, 0.6) is 5.75 Å². The maximum absolute atomic E-state index is 10.7. The van der Waals surface area contributed by atoms with Crippen LogP contribution < -0.4 is 0 Å². The number of aromatic hydroxyl groups is 1. The van der Waals surface area contributed by atoms with Crippen LogP contribution in [0, 0.1) is 6.92 Å². The zero-order chi connectivity index (χ0) is 22.8. The smallest absolute Gasteiger partial charge is 0.148 e. The lowest BCUT2D eigenvalue weighted by molar-refractivity contribution is 0.169. The molecule has 4 aromatic rings. The lowest BCUT2D eigenvalue weighted by Crippen LogP contribution is -2.37. The number of piperidine rings is 1. The number of benzene rings is 3. The minimum Gasteiger partial charge on any atom is -0.508 e. The van der Waals surface area contributed by atoms with Crippen molar-refractivity contribution in [1.82, 2.24) is 19.7 Å². The third kappa shape index (κ3) is 4.39. The maximum atomic E-state index is 10.7. The molecule has 1 fully saturated rings. The molecule has 2 heterocycles. The van der Waals surface area contributed by atoms with E-state index in [0.29, 0.717) is 16.7 Å². The molecule has 1 aromatic heterocycles. The van der Waals surface area contributed by atoms with Crippen molar-refractivity contribution in [2.24, 2.45) is 0 Å². The highest BCUT2D eigenvalue weighted by Crippen LogP contribution is 2.40. The van der Waals surface area contributed by atoms with E-state index in [2.05, 4.69) is 28.2 Å². The van der Waals surface area contributed by atoms with Gasteiger partial charge in [0.1, 0.15) is 17.4 Å². The van der Waals surface area contributed by atoms with Crippen molar-refractivity contribution < 1.29 is 5.11 Å². The third-order valence-electron chi connectivity index (χ3n) is 6.43. The number of para-hydroxylation sites is 2. The van der Waals surface area contributed by atoms with E-state index >= 15 is 0 Å². The van der Waals surface area contributed by atoms with Gasteiger partial charge in [-0.15, -0.1) is 0 Å². The number of aromatic nitrogens is 3. The Morgan fingerprint density at radius 3 is 2.21 bits per heavy atom. The van der Waals surface area contributed by atoms with Gasteiger partial charge in [-0.05, 0) is 62.7 Å². The Labute approximate surface area is 199 Å². The number of hydrogen-bond donors (Lipinski definition) is 1. The molecule has 0 saturated carbocycles. The van der Waals surface area contributed by atoms with Gasteiger partial charge in [-0.3, -0.25) is 4.90 Å². The summed E-state index contributed by atoms with van der Waals surface area (Å²) in [5, 5.41) is 16.1. The topological polar surface area (TPSA) is 54.2 Å². The Bertz CT molecular complexity index is 1190. The fourth-order valence-electron chi connectivity index (χ4n) is 4.85. The molecule has 0 radical (unpaired) electrons. The van der Waals surface area contributed by atoms with Crippen LogP contribution in [0.2, 0.25) is 5.02 Å². The molecule has 33 heavy (non-hydrogen) atoms. The predicted molar refractivity (Wildman–Crippen MR) is 131 cm³/mol. The van der Waals surface area contributed by atoms with Crippen molar-refractivity contribution in [3.63, 3.8) is 0 Å². The van der Waals surface area contributed by atoms with Gasteiger partial charge in [0.05, 0.1) is 11.7 Å². The van der Waals surface area contributed by atoms with Crippen LogP contribution in [-0.2, 0) is 0 Å².